The second-order valence-corrected chi connectivity index (χ2v) is 17.5. The highest BCUT2D eigenvalue weighted by molar-refractivity contribution is 5.96. The monoisotopic (exact) mass is 887 g/mol. The maximum atomic E-state index is 15.9. The quantitative estimate of drug-likeness (QED) is 0.0954. The van der Waals surface area contributed by atoms with Crippen molar-refractivity contribution >= 4 is 35.6 Å². The Bertz CT molecular complexity index is 2290. The molecule has 17 nitrogen and oxygen atoms in total. The molecule has 64 heavy (non-hydrogen) atoms. The van der Waals surface area contributed by atoms with Crippen molar-refractivity contribution in [3.8, 4) is 0 Å². The predicted octanol–water partition coefficient (Wildman–Crippen LogP) is 3.96. The third kappa shape index (κ3) is 7.82. The van der Waals surface area contributed by atoms with Gasteiger partial charge in [0.2, 0.25) is 0 Å². The van der Waals surface area contributed by atoms with Crippen LogP contribution in [0.3, 0.4) is 0 Å². The number of methoxy groups -OCH3 is 1. The van der Waals surface area contributed by atoms with E-state index in [1.54, 1.807) is 50.2 Å². The topological polar surface area (TPSA) is 233 Å². The second kappa shape index (κ2) is 17.7. The number of furan rings is 1. The van der Waals surface area contributed by atoms with Crippen LogP contribution in [0.25, 0.3) is 0 Å². The second-order valence-electron chi connectivity index (χ2n) is 17.5. The number of ether oxygens (including phenoxy) is 7. The van der Waals surface area contributed by atoms with Gasteiger partial charge >= 0.3 is 23.9 Å². The molecule has 17 heteroatoms. The number of amides is 1. The van der Waals surface area contributed by atoms with Crippen LogP contribution in [0.15, 0.2) is 94.6 Å². The first-order valence-electron chi connectivity index (χ1n) is 20.9. The van der Waals surface area contributed by atoms with Gasteiger partial charge in [-0.25, -0.2) is 9.59 Å². The maximum absolute atomic E-state index is 15.9. The zero-order valence-electron chi connectivity index (χ0n) is 36.6. The summed E-state index contributed by atoms with van der Waals surface area (Å²) in [5.41, 5.74) is -7.19. The predicted molar refractivity (Wildman–Crippen MR) is 221 cm³/mol. The van der Waals surface area contributed by atoms with Crippen LogP contribution >= 0.6 is 0 Å². The van der Waals surface area contributed by atoms with Gasteiger partial charge in [-0.3, -0.25) is 19.2 Å². The molecule has 3 aliphatic carbocycles. The third-order valence-corrected chi connectivity index (χ3v) is 13.5. The fourth-order valence-corrected chi connectivity index (χ4v) is 10.3. The average Bonchev–Trinajstić information content (AvgIpc) is 3.80. The average molecular weight is 888 g/mol. The molecular formula is C47H53NO16. The Morgan fingerprint density at radius 2 is 1.55 bits per heavy atom. The van der Waals surface area contributed by atoms with Crippen LogP contribution in [0, 0.1) is 16.7 Å². The highest BCUT2D eigenvalue weighted by Crippen LogP contribution is 2.65. The fourth-order valence-electron chi connectivity index (χ4n) is 10.3. The lowest BCUT2D eigenvalue weighted by Crippen LogP contribution is -2.82. The molecule has 2 aromatic carbocycles. The Kier molecular flexibility index (Phi) is 12.8. The molecule has 3 N–H and O–H groups in total. The lowest BCUT2D eigenvalue weighted by Gasteiger charge is -2.67. The van der Waals surface area contributed by atoms with E-state index in [9.17, 15) is 34.2 Å². The van der Waals surface area contributed by atoms with E-state index in [0.29, 0.717) is 0 Å². The molecule has 3 aromatic rings. The van der Waals surface area contributed by atoms with Crippen molar-refractivity contribution < 1.29 is 76.6 Å². The number of nitrogens with one attached hydrogen (secondary N) is 1. The van der Waals surface area contributed by atoms with Crippen LogP contribution in [0.5, 0.6) is 0 Å². The number of esters is 4. The molecule has 2 saturated carbocycles. The molecule has 1 aliphatic heterocycles. The van der Waals surface area contributed by atoms with E-state index in [4.69, 9.17) is 37.6 Å². The van der Waals surface area contributed by atoms with Gasteiger partial charge in [0.05, 0.1) is 35.9 Å². The summed E-state index contributed by atoms with van der Waals surface area (Å²) in [6.45, 7) is 7.90. The van der Waals surface area contributed by atoms with Gasteiger partial charge in [-0.05, 0) is 61.4 Å². The summed E-state index contributed by atoms with van der Waals surface area (Å²) < 4.78 is 47.8. The van der Waals surface area contributed by atoms with E-state index in [2.05, 4.69) is 5.32 Å². The van der Waals surface area contributed by atoms with Crippen molar-refractivity contribution in [1.29, 1.82) is 0 Å². The molecule has 7 rings (SSSR count). The fraction of sp³-hybridized carbons (Fsp3) is 0.489. The Hall–Kier alpha value is -5.72. The Balaban J connectivity index is 1.41. The Labute approximate surface area is 369 Å². The summed E-state index contributed by atoms with van der Waals surface area (Å²) in [5.74, 6) is -6.69. The molecule has 1 amide bonds. The number of rotatable bonds is 13. The third-order valence-electron chi connectivity index (χ3n) is 13.5. The highest BCUT2D eigenvalue weighted by atomic mass is 16.7. The standard InChI is InChI=1S/C47H53NO16/c1-25-31(62-43(55)36(51)35(30-19-14-20-58-30)48-41(53)28-15-10-8-11-16-28)22-47(56)40(63-42(54)29-17-12-9-13-18-29)38-45(6,39(52)37(61-26(2)49)34(25)44(47,4)5)32(60-24-57-7)21-33-46(38,23-59-33)64-27(3)50/h8-20,31-33,35-38,40,51,56H,21-24H2,1-7H3,(H,48,53)/t31-,32-,33+,35-,36+,37+,38?,40-,45+,46-,47+/m0/s1. The van der Waals surface area contributed by atoms with Gasteiger partial charge in [0.1, 0.15) is 42.5 Å². The zero-order valence-corrected chi connectivity index (χ0v) is 36.6. The minimum Gasteiger partial charge on any atom is -0.467 e. The van der Waals surface area contributed by atoms with Gasteiger partial charge in [-0.15, -0.1) is 0 Å². The molecule has 342 valence electrons. The number of benzene rings is 2. The number of hydrogen-bond acceptors (Lipinski definition) is 16. The van der Waals surface area contributed by atoms with Gasteiger partial charge in [0.15, 0.2) is 23.6 Å². The van der Waals surface area contributed by atoms with Crippen LogP contribution in [0.4, 0.5) is 0 Å². The minimum atomic E-state index is -2.38. The number of aliphatic hydroxyl groups is 2. The first-order valence-corrected chi connectivity index (χ1v) is 20.9. The maximum Gasteiger partial charge on any atom is 0.338 e. The lowest BCUT2D eigenvalue weighted by atomic mass is 9.44. The first kappa shape index (κ1) is 46.3. The first-order chi connectivity index (χ1) is 30.3. The molecule has 3 fully saturated rings. The van der Waals surface area contributed by atoms with Gasteiger partial charge < -0.3 is 53.1 Å². The van der Waals surface area contributed by atoms with Crippen LogP contribution in [0.2, 0.25) is 0 Å². The van der Waals surface area contributed by atoms with Gasteiger partial charge in [0, 0.05) is 44.8 Å². The number of hydrogen-bond donors (Lipinski definition) is 3. The van der Waals surface area contributed by atoms with Crippen LogP contribution in [-0.2, 0) is 52.3 Å². The Morgan fingerprint density at radius 3 is 2.11 bits per heavy atom. The zero-order chi connectivity index (χ0) is 46.4. The SMILES string of the molecule is COCO[C@H]1C[C@H]2OC[C@@]2(OC(C)=O)C2[C@H](OC(=O)c3ccccc3)[C@]3(O)C[C@H](OC(=O)[C@H](O)[C@@H](NC(=O)c4ccccc4)c4ccco4)C(C)=C([C@@H](OC(C)=O)C(=O)[C@@]21C)C3(C)C. The summed E-state index contributed by atoms with van der Waals surface area (Å²) in [4.78, 5) is 84.2. The molecule has 11 atom stereocenters. The Morgan fingerprint density at radius 1 is 0.891 bits per heavy atom. The summed E-state index contributed by atoms with van der Waals surface area (Å²) in [7, 11) is 1.38. The molecule has 1 saturated heterocycles. The minimum absolute atomic E-state index is 0.0145. The number of ketones is 1. The highest BCUT2D eigenvalue weighted by Gasteiger charge is 2.78. The largest absolute Gasteiger partial charge is 0.467 e. The van der Waals surface area contributed by atoms with Gasteiger partial charge in [-0.2, -0.15) is 0 Å². The van der Waals surface area contributed by atoms with Gasteiger partial charge in [-0.1, -0.05) is 50.2 Å². The number of carbonyl (C=O) groups excluding carboxylic acids is 6. The summed E-state index contributed by atoms with van der Waals surface area (Å²) >= 11 is 0. The van der Waals surface area contributed by atoms with E-state index in [0.717, 1.165) is 6.92 Å². The summed E-state index contributed by atoms with van der Waals surface area (Å²) in [6, 6.07) is 17.5. The smallest absolute Gasteiger partial charge is 0.338 e. The van der Waals surface area contributed by atoms with E-state index < -0.39 is 113 Å². The molecule has 0 radical (unpaired) electrons. The molecular weight excluding hydrogens is 835 g/mol. The number of carbonyl (C=O) groups is 6. The molecule has 4 aliphatic rings. The van der Waals surface area contributed by atoms with Crippen molar-refractivity contribution in [3.05, 3.63) is 107 Å². The van der Waals surface area contributed by atoms with Crippen LogP contribution < -0.4 is 5.32 Å². The van der Waals surface area contributed by atoms with Gasteiger partial charge in [0.25, 0.3) is 5.91 Å². The molecule has 1 unspecified atom stereocenters. The lowest BCUT2D eigenvalue weighted by molar-refractivity contribution is -0.351. The summed E-state index contributed by atoms with van der Waals surface area (Å²) in [5, 5.41) is 28.2. The number of fused-ring (bicyclic) bond motifs is 5. The molecule has 2 bridgehead atoms. The van der Waals surface area contributed by atoms with E-state index in [1.807, 2.05) is 0 Å². The van der Waals surface area contributed by atoms with Crippen LogP contribution in [-0.4, -0.2) is 114 Å². The molecule has 1 aromatic heterocycles. The van der Waals surface area contributed by atoms with E-state index in [1.165, 1.54) is 70.5 Å². The van der Waals surface area contributed by atoms with Crippen molar-refractivity contribution in [2.24, 2.45) is 16.7 Å². The van der Waals surface area contributed by atoms with E-state index in [-0.39, 0.29) is 47.9 Å². The molecule has 0 spiro atoms. The number of Topliss-reactive ketones (excluding diaryl/α,β-unsaturated/α-hetero) is 1. The summed E-state index contributed by atoms with van der Waals surface area (Å²) in [6.07, 6.45) is -8.55. The number of aliphatic hydroxyl groups excluding tert-OH is 1. The van der Waals surface area contributed by atoms with Crippen molar-refractivity contribution in [3.63, 3.8) is 0 Å². The van der Waals surface area contributed by atoms with Crippen molar-refractivity contribution in [2.45, 2.75) is 108 Å². The normalized spacial score (nSPS) is 31.3. The van der Waals surface area contributed by atoms with E-state index >= 15 is 4.79 Å². The molecule has 2 heterocycles. The van der Waals surface area contributed by atoms with Crippen molar-refractivity contribution in [2.75, 3.05) is 20.5 Å². The van der Waals surface area contributed by atoms with Crippen LogP contribution in [0.1, 0.15) is 86.9 Å². The van der Waals surface area contributed by atoms with Crippen molar-refractivity contribution in [1.82, 2.24) is 5.32 Å².